The van der Waals surface area contributed by atoms with E-state index < -0.39 is 4.92 Å². The smallest absolute Gasteiger partial charge is 0.204 e. The fourth-order valence-electron chi connectivity index (χ4n) is 0.905. The van der Waals surface area contributed by atoms with Crippen molar-refractivity contribution < 1.29 is 9.72 Å². The Labute approximate surface area is 110 Å². The highest BCUT2D eigenvalue weighted by atomic mass is 35.5. The Morgan fingerprint density at radius 1 is 1.35 bits per heavy atom. The molecular weight excluding hydrogens is 265 g/mol. The number of aldehydes is 1. The van der Waals surface area contributed by atoms with Crippen LogP contribution in [-0.4, -0.2) is 17.8 Å². The van der Waals surface area contributed by atoms with E-state index >= 15 is 0 Å². The molecule has 0 spiro atoms. The van der Waals surface area contributed by atoms with Gasteiger partial charge in [0.1, 0.15) is 6.29 Å². The number of hydrogen-bond donors (Lipinski definition) is 0. The van der Waals surface area contributed by atoms with Gasteiger partial charge in [-0.05, 0) is 24.6 Å². The fraction of sp³-hybridized carbons (Fsp3) is 0.364. The van der Waals surface area contributed by atoms with Crippen LogP contribution in [0.4, 0.5) is 0 Å². The normalized spacial score (nSPS) is 9.12. The minimum Gasteiger partial charge on any atom is -0.303 e. The summed E-state index contributed by atoms with van der Waals surface area (Å²) in [5.41, 5.74) is 1.13. The maximum atomic E-state index is 9.56. The molecule has 0 fully saturated rings. The van der Waals surface area contributed by atoms with E-state index in [4.69, 9.17) is 23.2 Å². The molecule has 0 atom stereocenters. The lowest BCUT2D eigenvalue weighted by Gasteiger charge is -1.94. The number of halogens is 2. The van der Waals surface area contributed by atoms with Crippen molar-refractivity contribution in [3.8, 4) is 0 Å². The molecule has 0 N–H and O–H groups in total. The highest BCUT2D eigenvalue weighted by Crippen LogP contribution is 2.21. The van der Waals surface area contributed by atoms with Gasteiger partial charge in [0.2, 0.25) is 6.54 Å². The third-order valence-corrected chi connectivity index (χ3v) is 2.48. The van der Waals surface area contributed by atoms with Crippen LogP contribution in [-0.2, 0) is 4.79 Å². The molecule has 1 aromatic rings. The molecule has 1 aromatic carbocycles. The molecule has 6 heteroatoms. The summed E-state index contributed by atoms with van der Waals surface area (Å²) in [5.74, 6) is 0. The minimum atomic E-state index is -0.427. The van der Waals surface area contributed by atoms with Gasteiger partial charge in [0.05, 0.1) is 10.0 Å². The van der Waals surface area contributed by atoms with Crippen molar-refractivity contribution in [2.24, 2.45) is 0 Å². The van der Waals surface area contributed by atoms with E-state index in [1.165, 1.54) is 0 Å². The summed E-state index contributed by atoms with van der Waals surface area (Å²) in [6, 6.07) is 5.55. The van der Waals surface area contributed by atoms with Crippen LogP contribution < -0.4 is 0 Å². The molecule has 0 aliphatic rings. The van der Waals surface area contributed by atoms with E-state index in [0.29, 0.717) is 29.2 Å². The van der Waals surface area contributed by atoms with Gasteiger partial charge in [-0.25, -0.2) is 0 Å². The van der Waals surface area contributed by atoms with E-state index in [1.54, 1.807) is 6.07 Å². The first kappa shape index (κ1) is 15.9. The summed E-state index contributed by atoms with van der Waals surface area (Å²) >= 11 is 11.3. The molecule has 1 rings (SSSR count). The van der Waals surface area contributed by atoms with E-state index in [9.17, 15) is 14.9 Å². The summed E-state index contributed by atoms with van der Waals surface area (Å²) in [4.78, 5) is 18.7. The summed E-state index contributed by atoms with van der Waals surface area (Å²) < 4.78 is 0. The highest BCUT2D eigenvalue weighted by Gasteiger charge is 1.94. The Balaban J connectivity index is 0.000000304. The van der Waals surface area contributed by atoms with Crippen LogP contribution in [0.5, 0.6) is 0 Å². The lowest BCUT2D eigenvalue weighted by Crippen LogP contribution is -1.99. The first-order valence-electron chi connectivity index (χ1n) is 4.94. The van der Waals surface area contributed by atoms with E-state index in [0.717, 1.165) is 5.56 Å². The number of carbonyl (C=O) groups is 1. The van der Waals surface area contributed by atoms with Crippen LogP contribution in [0, 0.1) is 17.0 Å². The average molecular weight is 278 g/mol. The van der Waals surface area contributed by atoms with E-state index in [1.807, 2.05) is 19.1 Å². The molecule has 4 nitrogen and oxygen atoms in total. The van der Waals surface area contributed by atoms with Crippen molar-refractivity contribution >= 4 is 29.5 Å². The Morgan fingerprint density at radius 3 is 2.41 bits per heavy atom. The zero-order chi connectivity index (χ0) is 13.3. The minimum absolute atomic E-state index is 0.0985. The van der Waals surface area contributed by atoms with Crippen molar-refractivity contribution in [2.45, 2.75) is 19.8 Å². The van der Waals surface area contributed by atoms with Crippen LogP contribution >= 0.6 is 23.2 Å². The molecule has 0 amide bonds. The zero-order valence-electron chi connectivity index (χ0n) is 9.36. The van der Waals surface area contributed by atoms with Gasteiger partial charge in [-0.15, -0.1) is 0 Å². The Bertz CT molecular complexity index is 383. The van der Waals surface area contributed by atoms with Crippen LogP contribution in [0.2, 0.25) is 10.0 Å². The molecule has 0 bridgehead atoms. The number of benzene rings is 1. The van der Waals surface area contributed by atoms with E-state index in [-0.39, 0.29) is 6.54 Å². The molecule has 0 heterocycles. The zero-order valence-corrected chi connectivity index (χ0v) is 10.9. The predicted molar refractivity (Wildman–Crippen MR) is 68.4 cm³/mol. The maximum Gasteiger partial charge on any atom is 0.204 e. The van der Waals surface area contributed by atoms with Gasteiger partial charge in [0.15, 0.2) is 0 Å². The molecule has 0 radical (unpaired) electrons. The first-order chi connectivity index (χ1) is 7.97. The maximum absolute atomic E-state index is 9.56. The molecule has 0 aliphatic carbocycles. The molecule has 0 aromatic heterocycles. The van der Waals surface area contributed by atoms with Gasteiger partial charge < -0.3 is 4.79 Å². The molecule has 0 aliphatic heterocycles. The van der Waals surface area contributed by atoms with Gasteiger partial charge in [0, 0.05) is 17.8 Å². The second-order valence-electron chi connectivity index (χ2n) is 3.28. The topological polar surface area (TPSA) is 60.2 Å². The number of rotatable bonds is 4. The Hall–Kier alpha value is -1.13. The first-order valence-corrected chi connectivity index (χ1v) is 5.70. The summed E-state index contributed by atoms with van der Waals surface area (Å²) in [5, 5.41) is 10.8. The van der Waals surface area contributed by atoms with Crippen LogP contribution in [0.25, 0.3) is 0 Å². The molecule has 0 saturated carbocycles. The SMILES string of the molecule is Cc1ccc(Cl)c(Cl)c1.O=CCCC[N+](=O)[O-]. The van der Waals surface area contributed by atoms with Crippen LogP contribution in [0.1, 0.15) is 18.4 Å². The van der Waals surface area contributed by atoms with Gasteiger partial charge in [0.25, 0.3) is 0 Å². The lowest BCUT2D eigenvalue weighted by molar-refractivity contribution is -0.480. The summed E-state index contributed by atoms with van der Waals surface area (Å²) in [7, 11) is 0. The van der Waals surface area contributed by atoms with Gasteiger partial charge in [-0.1, -0.05) is 29.3 Å². The highest BCUT2D eigenvalue weighted by molar-refractivity contribution is 6.41. The summed E-state index contributed by atoms with van der Waals surface area (Å²) in [6.45, 7) is 1.88. The fourth-order valence-corrected chi connectivity index (χ4v) is 1.26. The van der Waals surface area contributed by atoms with Crippen molar-refractivity contribution in [1.82, 2.24) is 0 Å². The number of hydrogen-bond acceptors (Lipinski definition) is 3. The lowest BCUT2D eigenvalue weighted by atomic mass is 10.2. The quantitative estimate of drug-likeness (QED) is 0.366. The molecule has 0 saturated heterocycles. The molecule has 0 unspecified atom stereocenters. The third kappa shape index (κ3) is 8.65. The van der Waals surface area contributed by atoms with Crippen molar-refractivity contribution in [3.63, 3.8) is 0 Å². The van der Waals surface area contributed by atoms with Crippen LogP contribution in [0.3, 0.4) is 0 Å². The largest absolute Gasteiger partial charge is 0.303 e. The van der Waals surface area contributed by atoms with Crippen molar-refractivity contribution in [1.29, 1.82) is 0 Å². The second-order valence-corrected chi connectivity index (χ2v) is 4.10. The predicted octanol–water partition coefficient (Wildman–Crippen LogP) is 3.54. The van der Waals surface area contributed by atoms with Gasteiger partial charge in [-0.3, -0.25) is 10.1 Å². The Kier molecular flexibility index (Phi) is 8.36. The second kappa shape index (κ2) is 8.96. The number of nitrogens with zero attached hydrogens (tertiary/aromatic N) is 1. The van der Waals surface area contributed by atoms with Gasteiger partial charge in [-0.2, -0.15) is 0 Å². The monoisotopic (exact) mass is 277 g/mol. The van der Waals surface area contributed by atoms with Crippen molar-refractivity contribution in [2.75, 3.05) is 6.54 Å². The molecule has 17 heavy (non-hydrogen) atoms. The number of aryl methyl sites for hydroxylation is 1. The Morgan fingerprint density at radius 2 is 2.00 bits per heavy atom. The van der Waals surface area contributed by atoms with Gasteiger partial charge >= 0.3 is 0 Å². The number of carbonyl (C=O) groups excluding carboxylic acids is 1. The standard InChI is InChI=1S/C7H6Cl2.C4H7NO3/c1-5-2-3-6(8)7(9)4-5;6-4-2-1-3-5(7)8/h2-4H,1H3;4H,1-3H2. The third-order valence-electron chi connectivity index (χ3n) is 1.74. The van der Waals surface area contributed by atoms with E-state index in [2.05, 4.69) is 0 Å². The van der Waals surface area contributed by atoms with Crippen LogP contribution in [0.15, 0.2) is 18.2 Å². The number of nitro groups is 1. The molecule has 94 valence electrons. The van der Waals surface area contributed by atoms with Crippen molar-refractivity contribution in [3.05, 3.63) is 43.9 Å². The average Bonchev–Trinajstić information content (AvgIpc) is 2.25. The number of unbranched alkanes of at least 4 members (excludes halogenated alkanes) is 1. The molecular formula is C11H13Cl2NO3. The summed E-state index contributed by atoms with van der Waals surface area (Å²) in [6.07, 6.45) is 1.33.